The van der Waals surface area contributed by atoms with E-state index in [2.05, 4.69) is 9.47 Å². The highest BCUT2D eigenvalue weighted by atomic mass is 16.5. The molecule has 0 aliphatic heterocycles. The topological polar surface area (TPSA) is 72.9 Å². The first-order chi connectivity index (χ1) is 7.04. The Bertz CT molecular complexity index is 241. The van der Waals surface area contributed by atoms with Crippen LogP contribution in [0.2, 0.25) is 0 Å². The normalized spacial score (nSPS) is 11.4. The molecule has 0 aliphatic carbocycles. The Balaban J connectivity index is 4.37. The van der Waals surface area contributed by atoms with Gasteiger partial charge in [-0.25, -0.2) is 0 Å². The Morgan fingerprint density at radius 3 is 2.33 bits per heavy atom. The highest BCUT2D eigenvalue weighted by molar-refractivity contribution is 5.80. The molecule has 0 saturated carbocycles. The standard InChI is InChI=1S/C9H15NO5/c1-10(6-11)5-7(9(13)15-3)4-8(12)14-2/h6-7H,4-5H2,1-3H3. The maximum atomic E-state index is 11.2. The summed E-state index contributed by atoms with van der Waals surface area (Å²) >= 11 is 0. The Hall–Kier alpha value is -1.59. The van der Waals surface area contributed by atoms with E-state index in [1.54, 1.807) is 0 Å². The van der Waals surface area contributed by atoms with Crippen LogP contribution in [0.5, 0.6) is 0 Å². The molecule has 0 spiro atoms. The number of hydrogen-bond donors (Lipinski definition) is 0. The summed E-state index contributed by atoms with van der Waals surface area (Å²) in [6.45, 7) is 0.130. The molecule has 0 aliphatic rings. The molecule has 0 saturated heterocycles. The van der Waals surface area contributed by atoms with Crippen LogP contribution in [0.25, 0.3) is 0 Å². The zero-order chi connectivity index (χ0) is 11.8. The summed E-state index contributed by atoms with van der Waals surface area (Å²) in [5, 5.41) is 0. The van der Waals surface area contributed by atoms with Gasteiger partial charge in [0.1, 0.15) is 0 Å². The van der Waals surface area contributed by atoms with E-state index in [0.717, 1.165) is 0 Å². The molecular formula is C9H15NO5. The molecule has 0 rings (SSSR count). The van der Waals surface area contributed by atoms with E-state index in [-0.39, 0.29) is 13.0 Å². The third-order valence-electron chi connectivity index (χ3n) is 1.86. The molecule has 0 aromatic heterocycles. The lowest BCUT2D eigenvalue weighted by atomic mass is 10.1. The predicted octanol–water partition coefficient (Wildman–Crippen LogP) is -0.573. The molecule has 1 unspecified atom stereocenters. The number of amides is 1. The average Bonchev–Trinajstić information content (AvgIpc) is 2.26. The maximum absolute atomic E-state index is 11.2. The summed E-state index contributed by atoms with van der Waals surface area (Å²) < 4.78 is 8.95. The van der Waals surface area contributed by atoms with E-state index in [4.69, 9.17) is 0 Å². The molecule has 0 bridgehead atoms. The second kappa shape index (κ2) is 6.80. The number of hydrogen-bond acceptors (Lipinski definition) is 5. The molecule has 0 aromatic carbocycles. The minimum atomic E-state index is -0.683. The Kier molecular flexibility index (Phi) is 6.08. The summed E-state index contributed by atoms with van der Waals surface area (Å²) in [7, 11) is 3.98. The Morgan fingerprint density at radius 2 is 1.93 bits per heavy atom. The first-order valence-electron chi connectivity index (χ1n) is 4.35. The molecule has 1 amide bonds. The number of ether oxygens (including phenoxy) is 2. The summed E-state index contributed by atoms with van der Waals surface area (Å²) in [4.78, 5) is 33.9. The summed E-state index contributed by atoms with van der Waals surface area (Å²) in [6, 6.07) is 0. The molecule has 0 heterocycles. The molecule has 6 heteroatoms. The fraction of sp³-hybridized carbons (Fsp3) is 0.667. The van der Waals surface area contributed by atoms with E-state index in [9.17, 15) is 14.4 Å². The third-order valence-corrected chi connectivity index (χ3v) is 1.86. The van der Waals surface area contributed by atoms with Gasteiger partial charge < -0.3 is 14.4 Å². The second-order valence-electron chi connectivity index (χ2n) is 3.05. The molecule has 0 aromatic rings. The average molecular weight is 217 g/mol. The molecule has 0 radical (unpaired) electrons. The van der Waals surface area contributed by atoms with Crippen molar-refractivity contribution in [1.29, 1.82) is 0 Å². The van der Waals surface area contributed by atoms with Gasteiger partial charge in [0.15, 0.2) is 0 Å². The molecular weight excluding hydrogens is 202 g/mol. The van der Waals surface area contributed by atoms with Crippen LogP contribution in [0.1, 0.15) is 6.42 Å². The minimum absolute atomic E-state index is 0.0959. The van der Waals surface area contributed by atoms with Gasteiger partial charge in [-0.05, 0) is 0 Å². The van der Waals surface area contributed by atoms with E-state index >= 15 is 0 Å². The lowest BCUT2D eigenvalue weighted by Gasteiger charge is -2.17. The van der Waals surface area contributed by atoms with Crippen LogP contribution in [0.15, 0.2) is 0 Å². The van der Waals surface area contributed by atoms with Crippen molar-refractivity contribution < 1.29 is 23.9 Å². The highest BCUT2D eigenvalue weighted by Gasteiger charge is 2.24. The Labute approximate surface area is 88.1 Å². The predicted molar refractivity (Wildman–Crippen MR) is 50.8 cm³/mol. The van der Waals surface area contributed by atoms with E-state index < -0.39 is 17.9 Å². The zero-order valence-electron chi connectivity index (χ0n) is 9.06. The SMILES string of the molecule is COC(=O)CC(CN(C)C=O)C(=O)OC. The molecule has 86 valence electrons. The van der Waals surface area contributed by atoms with Gasteiger partial charge in [0.2, 0.25) is 6.41 Å². The second-order valence-corrected chi connectivity index (χ2v) is 3.05. The fourth-order valence-electron chi connectivity index (χ4n) is 1.06. The van der Waals surface area contributed by atoms with Gasteiger partial charge in [-0.2, -0.15) is 0 Å². The van der Waals surface area contributed by atoms with E-state index in [0.29, 0.717) is 6.41 Å². The Morgan fingerprint density at radius 1 is 1.33 bits per heavy atom. The molecule has 6 nitrogen and oxygen atoms in total. The number of carbonyl (C=O) groups excluding carboxylic acids is 3. The number of esters is 2. The zero-order valence-corrected chi connectivity index (χ0v) is 9.06. The fourth-order valence-corrected chi connectivity index (χ4v) is 1.06. The first kappa shape index (κ1) is 13.4. The molecule has 0 fully saturated rings. The molecule has 15 heavy (non-hydrogen) atoms. The number of rotatable bonds is 6. The first-order valence-corrected chi connectivity index (χ1v) is 4.35. The van der Waals surface area contributed by atoms with Crippen molar-refractivity contribution in [3.05, 3.63) is 0 Å². The van der Waals surface area contributed by atoms with Gasteiger partial charge in [0, 0.05) is 13.6 Å². The van der Waals surface area contributed by atoms with E-state index in [1.807, 2.05) is 0 Å². The minimum Gasteiger partial charge on any atom is -0.469 e. The highest BCUT2D eigenvalue weighted by Crippen LogP contribution is 2.07. The van der Waals surface area contributed by atoms with Crippen molar-refractivity contribution in [2.45, 2.75) is 6.42 Å². The van der Waals surface area contributed by atoms with Gasteiger partial charge >= 0.3 is 11.9 Å². The van der Waals surface area contributed by atoms with Crippen LogP contribution in [-0.4, -0.2) is 51.1 Å². The largest absolute Gasteiger partial charge is 0.469 e. The van der Waals surface area contributed by atoms with Crippen molar-refractivity contribution in [2.24, 2.45) is 5.92 Å². The van der Waals surface area contributed by atoms with Crippen LogP contribution < -0.4 is 0 Å². The third kappa shape index (κ3) is 4.99. The lowest BCUT2D eigenvalue weighted by molar-refractivity contribution is -0.152. The number of nitrogens with zero attached hydrogens (tertiary/aromatic N) is 1. The van der Waals surface area contributed by atoms with Crippen LogP contribution >= 0.6 is 0 Å². The van der Waals surface area contributed by atoms with Crippen molar-refractivity contribution in [1.82, 2.24) is 4.90 Å². The van der Waals surface area contributed by atoms with E-state index in [1.165, 1.54) is 26.2 Å². The van der Waals surface area contributed by atoms with Gasteiger partial charge in [-0.15, -0.1) is 0 Å². The molecule has 0 N–H and O–H groups in total. The van der Waals surface area contributed by atoms with Crippen molar-refractivity contribution in [3.8, 4) is 0 Å². The van der Waals surface area contributed by atoms with Crippen molar-refractivity contribution in [3.63, 3.8) is 0 Å². The maximum Gasteiger partial charge on any atom is 0.311 e. The molecule has 1 atom stereocenters. The summed E-state index contributed by atoms with van der Waals surface area (Å²) in [5.41, 5.74) is 0. The quantitative estimate of drug-likeness (QED) is 0.440. The van der Waals surface area contributed by atoms with Gasteiger partial charge in [0.05, 0.1) is 26.6 Å². The monoisotopic (exact) mass is 217 g/mol. The van der Waals surface area contributed by atoms with Crippen LogP contribution in [0.3, 0.4) is 0 Å². The number of methoxy groups -OCH3 is 2. The van der Waals surface area contributed by atoms with Crippen LogP contribution in [0, 0.1) is 5.92 Å². The summed E-state index contributed by atoms with van der Waals surface area (Å²) in [5.74, 6) is -1.73. The van der Waals surface area contributed by atoms with Crippen molar-refractivity contribution >= 4 is 18.3 Å². The van der Waals surface area contributed by atoms with Gasteiger partial charge in [-0.1, -0.05) is 0 Å². The van der Waals surface area contributed by atoms with Gasteiger partial charge in [0.25, 0.3) is 0 Å². The van der Waals surface area contributed by atoms with Gasteiger partial charge in [-0.3, -0.25) is 14.4 Å². The van der Waals surface area contributed by atoms with Crippen molar-refractivity contribution in [2.75, 3.05) is 27.8 Å². The lowest BCUT2D eigenvalue weighted by Crippen LogP contribution is -2.32. The van der Waals surface area contributed by atoms with Crippen LogP contribution in [-0.2, 0) is 23.9 Å². The number of carbonyl (C=O) groups is 3. The van der Waals surface area contributed by atoms with Crippen LogP contribution in [0.4, 0.5) is 0 Å². The smallest absolute Gasteiger partial charge is 0.311 e. The summed E-state index contributed by atoms with van der Waals surface area (Å²) in [6.07, 6.45) is 0.481.